The predicted molar refractivity (Wildman–Crippen MR) is 168 cm³/mol. The molecular weight excluding hydrogens is 611 g/mol. The van der Waals surface area contributed by atoms with Crippen molar-refractivity contribution in [3.05, 3.63) is 70.7 Å². The van der Waals surface area contributed by atoms with Crippen LogP contribution in [0.1, 0.15) is 31.2 Å². The van der Waals surface area contributed by atoms with E-state index in [1.165, 1.54) is 40.0 Å². The molecule has 0 bridgehead atoms. The van der Waals surface area contributed by atoms with Gasteiger partial charge in [0.2, 0.25) is 10.0 Å². The van der Waals surface area contributed by atoms with Crippen molar-refractivity contribution in [2.75, 3.05) is 25.0 Å². The fourth-order valence-corrected chi connectivity index (χ4v) is 7.43. The third kappa shape index (κ3) is 9.28. The van der Waals surface area contributed by atoms with Crippen molar-refractivity contribution in [1.29, 1.82) is 0 Å². The number of nitrogens with zero attached hydrogens (tertiary/aromatic N) is 3. The molecule has 1 amide bonds. The number of carbonyl (C=O) groups is 2. The van der Waals surface area contributed by atoms with E-state index in [9.17, 15) is 23.1 Å². The maximum absolute atomic E-state index is 13.9. The van der Waals surface area contributed by atoms with E-state index >= 15 is 0 Å². The summed E-state index contributed by atoms with van der Waals surface area (Å²) in [6.45, 7) is 5.31. The van der Waals surface area contributed by atoms with Crippen LogP contribution in [0.5, 0.6) is 0 Å². The van der Waals surface area contributed by atoms with Crippen LogP contribution in [-0.4, -0.2) is 71.5 Å². The maximum Gasteiger partial charge on any atom is 0.407 e. The first-order valence-corrected chi connectivity index (χ1v) is 16.8. The van der Waals surface area contributed by atoms with Gasteiger partial charge in [-0.15, -0.1) is 11.3 Å². The molecule has 2 heterocycles. The van der Waals surface area contributed by atoms with E-state index in [4.69, 9.17) is 4.74 Å². The molecule has 0 aliphatic heterocycles. The van der Waals surface area contributed by atoms with E-state index in [0.717, 1.165) is 10.4 Å². The number of alkyl carbamates (subject to hydrolysis) is 1. The molecule has 43 heavy (non-hydrogen) atoms. The second-order valence-electron chi connectivity index (χ2n) is 10.5. The van der Waals surface area contributed by atoms with Gasteiger partial charge >= 0.3 is 6.09 Å². The zero-order chi connectivity index (χ0) is 31.0. The van der Waals surface area contributed by atoms with Crippen LogP contribution in [0.15, 0.2) is 65.1 Å². The topological polar surface area (TPSA) is 151 Å². The van der Waals surface area contributed by atoms with Crippen molar-refractivity contribution in [3.8, 4) is 0 Å². The van der Waals surface area contributed by atoms with Gasteiger partial charge in [0.15, 0.2) is 5.13 Å². The van der Waals surface area contributed by atoms with Crippen molar-refractivity contribution in [2.45, 2.75) is 50.8 Å². The monoisotopic (exact) mass is 645 g/mol. The molecule has 0 aliphatic carbocycles. The third-order valence-electron chi connectivity index (χ3n) is 6.34. The Bertz CT molecular complexity index is 1610. The normalized spacial score (nSPS) is 13.3. The highest BCUT2D eigenvalue weighted by Gasteiger charge is 2.32. The summed E-state index contributed by atoms with van der Waals surface area (Å²) in [5.74, 6) is -0.0834. The lowest BCUT2D eigenvalue weighted by Crippen LogP contribution is -2.51. The summed E-state index contributed by atoms with van der Waals surface area (Å²) in [5.41, 5.74) is 3.10. The van der Waals surface area contributed by atoms with E-state index < -0.39 is 28.3 Å². The molecule has 230 valence electrons. The number of nitrogens with one attached hydrogen (secondary N) is 2. The van der Waals surface area contributed by atoms with Crippen LogP contribution in [0.25, 0.3) is 10.2 Å². The standard InChI is InChI=1S/C29H35N5O6S3/c1-19(2)15-34(43(38,39)23-9-10-24-27(12-23)42-28(32-24)31-13-20(3)35)16-26(36)25(11-21-7-5-4-6-8-21)33-29(37)40-17-22-14-30-18-41-22/h4-10,12,14,18-19,25-26,36H,11,13,15-17H2,1-3H3,(H,31,32)(H,33,37). The van der Waals surface area contributed by atoms with Crippen molar-refractivity contribution >= 4 is 59.9 Å². The molecule has 11 nitrogen and oxygen atoms in total. The number of sulfonamides is 1. The Labute approximate surface area is 259 Å². The number of anilines is 1. The van der Waals surface area contributed by atoms with Gasteiger partial charge < -0.3 is 20.5 Å². The lowest BCUT2D eigenvalue weighted by molar-refractivity contribution is -0.115. The zero-order valence-electron chi connectivity index (χ0n) is 24.1. The molecule has 2 aromatic carbocycles. The molecule has 0 aliphatic rings. The minimum atomic E-state index is -4.05. The Hall–Kier alpha value is -3.43. The minimum absolute atomic E-state index is 0.0323. The third-order valence-corrected chi connectivity index (χ3v) is 9.90. The molecule has 14 heteroatoms. The molecular formula is C29H35N5O6S3. The summed E-state index contributed by atoms with van der Waals surface area (Å²) >= 11 is 2.61. The summed E-state index contributed by atoms with van der Waals surface area (Å²) < 4.78 is 35.1. The van der Waals surface area contributed by atoms with Crippen LogP contribution in [0, 0.1) is 5.92 Å². The minimum Gasteiger partial charge on any atom is -0.444 e. The first-order valence-electron chi connectivity index (χ1n) is 13.7. The number of rotatable bonds is 15. The number of ketones is 1. The fraction of sp³-hybridized carbons (Fsp3) is 0.379. The molecule has 2 atom stereocenters. The van der Waals surface area contributed by atoms with Gasteiger partial charge in [-0.2, -0.15) is 4.31 Å². The number of aromatic nitrogens is 2. The summed E-state index contributed by atoms with van der Waals surface area (Å²) in [5, 5.41) is 17.6. The van der Waals surface area contributed by atoms with E-state index in [-0.39, 0.29) is 49.3 Å². The van der Waals surface area contributed by atoms with E-state index in [1.807, 2.05) is 44.2 Å². The number of aliphatic hydroxyl groups excluding tert-OH is 1. The molecule has 0 spiro atoms. The molecule has 4 rings (SSSR count). The average Bonchev–Trinajstić information content (AvgIpc) is 3.64. The number of carbonyl (C=O) groups excluding carboxylic acids is 2. The highest BCUT2D eigenvalue weighted by molar-refractivity contribution is 7.89. The van der Waals surface area contributed by atoms with Gasteiger partial charge in [-0.1, -0.05) is 55.5 Å². The second kappa shape index (κ2) is 14.8. The van der Waals surface area contributed by atoms with Gasteiger partial charge in [-0.25, -0.2) is 18.2 Å². The van der Waals surface area contributed by atoms with Crippen LogP contribution < -0.4 is 10.6 Å². The van der Waals surface area contributed by atoms with Gasteiger partial charge in [0, 0.05) is 19.3 Å². The van der Waals surface area contributed by atoms with E-state index in [2.05, 4.69) is 20.6 Å². The van der Waals surface area contributed by atoms with Crippen LogP contribution in [0.4, 0.5) is 9.93 Å². The number of thiazole rings is 2. The first-order chi connectivity index (χ1) is 20.5. The number of ether oxygens (including phenoxy) is 1. The number of hydrogen-bond acceptors (Lipinski definition) is 11. The van der Waals surface area contributed by atoms with Crippen LogP contribution in [0.2, 0.25) is 0 Å². The number of amides is 1. The van der Waals surface area contributed by atoms with Gasteiger partial charge in [-0.05, 0) is 43.0 Å². The zero-order valence-corrected chi connectivity index (χ0v) is 26.5. The molecule has 4 aromatic rings. The number of fused-ring (bicyclic) bond motifs is 1. The molecule has 0 saturated heterocycles. The predicted octanol–water partition coefficient (Wildman–Crippen LogP) is 4.30. The summed E-state index contributed by atoms with van der Waals surface area (Å²) in [6.07, 6.45) is -0.109. The van der Waals surface area contributed by atoms with Gasteiger partial charge in [0.1, 0.15) is 12.4 Å². The average molecular weight is 646 g/mol. The Morgan fingerprint density at radius 2 is 1.88 bits per heavy atom. The first kappa shape index (κ1) is 32.5. The van der Waals surface area contributed by atoms with E-state index in [1.54, 1.807) is 23.8 Å². The van der Waals surface area contributed by atoms with Crippen molar-refractivity contribution in [1.82, 2.24) is 19.6 Å². The Balaban J connectivity index is 1.55. The fourth-order valence-electron chi connectivity index (χ4n) is 4.30. The Morgan fingerprint density at radius 1 is 1.12 bits per heavy atom. The molecule has 0 radical (unpaired) electrons. The SMILES string of the molecule is CC(=O)CNc1nc2ccc(S(=O)(=O)N(CC(C)C)CC(O)C(Cc3ccccc3)NC(=O)OCc3cncs3)cc2s1. The van der Waals surface area contributed by atoms with Gasteiger partial charge in [-0.3, -0.25) is 9.78 Å². The number of Topliss-reactive ketones (excluding diaryl/α,β-unsaturated/α-hetero) is 1. The molecule has 2 aromatic heterocycles. The van der Waals surface area contributed by atoms with Crippen molar-refractivity contribution in [2.24, 2.45) is 5.92 Å². The largest absolute Gasteiger partial charge is 0.444 e. The number of aliphatic hydroxyl groups is 1. The highest BCUT2D eigenvalue weighted by Crippen LogP contribution is 2.29. The number of hydrogen-bond donors (Lipinski definition) is 3. The molecule has 2 unspecified atom stereocenters. The Kier molecular flexibility index (Phi) is 11.2. The van der Waals surface area contributed by atoms with Crippen LogP contribution >= 0.6 is 22.7 Å². The lowest BCUT2D eigenvalue weighted by Gasteiger charge is -2.30. The number of benzene rings is 2. The lowest BCUT2D eigenvalue weighted by atomic mass is 10.0. The van der Waals surface area contributed by atoms with Crippen LogP contribution in [-0.2, 0) is 32.6 Å². The molecule has 3 N–H and O–H groups in total. The van der Waals surface area contributed by atoms with Crippen LogP contribution in [0.3, 0.4) is 0 Å². The van der Waals surface area contributed by atoms with Gasteiger partial charge in [0.05, 0.1) is 44.2 Å². The Morgan fingerprint density at radius 3 is 2.56 bits per heavy atom. The summed E-state index contributed by atoms with van der Waals surface area (Å²) in [4.78, 5) is 33.3. The highest BCUT2D eigenvalue weighted by atomic mass is 32.2. The second-order valence-corrected chi connectivity index (χ2v) is 14.4. The smallest absolute Gasteiger partial charge is 0.407 e. The summed E-state index contributed by atoms with van der Waals surface area (Å²) in [7, 11) is -4.05. The maximum atomic E-state index is 13.9. The van der Waals surface area contributed by atoms with E-state index in [0.29, 0.717) is 15.3 Å². The molecule has 0 saturated carbocycles. The quantitative estimate of drug-likeness (QED) is 0.172. The van der Waals surface area contributed by atoms with Crippen molar-refractivity contribution < 1.29 is 27.9 Å². The molecule has 0 fully saturated rings. The van der Waals surface area contributed by atoms with Gasteiger partial charge in [0.25, 0.3) is 0 Å². The summed E-state index contributed by atoms with van der Waals surface area (Å²) in [6, 6.07) is 13.2. The van der Waals surface area contributed by atoms with Crippen molar-refractivity contribution in [3.63, 3.8) is 0 Å².